The molecule has 0 N–H and O–H groups in total. The van der Waals surface area contributed by atoms with Crippen molar-refractivity contribution < 1.29 is 18.7 Å². The van der Waals surface area contributed by atoms with Crippen molar-refractivity contribution in [3.63, 3.8) is 0 Å². The van der Waals surface area contributed by atoms with Crippen LogP contribution in [0.25, 0.3) is 11.6 Å². The molecule has 0 radical (unpaired) electrons. The van der Waals surface area contributed by atoms with Crippen molar-refractivity contribution in [1.29, 1.82) is 0 Å². The highest BCUT2D eigenvalue weighted by atomic mass is 16.5. The standard InChI is InChI=1S/C20H21N3O4/c1-25-20(24)14-7-10-18-21-22-19(23(18)12-11-14)17-9-8-16(27-17)13-26-15-5-3-2-4-6-15/h2-6,8-9,14H,7,10-13H2,1H3. The smallest absolute Gasteiger partial charge is 0.308 e. The second-order valence-electron chi connectivity index (χ2n) is 6.51. The third kappa shape index (κ3) is 3.72. The molecule has 2 aromatic heterocycles. The average molecular weight is 367 g/mol. The highest BCUT2D eigenvalue weighted by Gasteiger charge is 2.26. The van der Waals surface area contributed by atoms with Crippen LogP contribution in [0.2, 0.25) is 0 Å². The second kappa shape index (κ2) is 7.65. The van der Waals surface area contributed by atoms with E-state index in [1.165, 1.54) is 7.11 Å². The van der Waals surface area contributed by atoms with Crippen LogP contribution in [0.3, 0.4) is 0 Å². The summed E-state index contributed by atoms with van der Waals surface area (Å²) in [5, 5.41) is 8.58. The molecule has 0 saturated heterocycles. The van der Waals surface area contributed by atoms with Crippen LogP contribution < -0.4 is 4.74 Å². The number of para-hydroxylation sites is 1. The summed E-state index contributed by atoms with van der Waals surface area (Å²) in [7, 11) is 1.43. The van der Waals surface area contributed by atoms with Crippen molar-refractivity contribution >= 4 is 5.97 Å². The van der Waals surface area contributed by atoms with Crippen LogP contribution in [0.1, 0.15) is 24.4 Å². The topological polar surface area (TPSA) is 79.4 Å². The first-order chi connectivity index (χ1) is 13.2. The van der Waals surface area contributed by atoms with E-state index in [1.54, 1.807) is 0 Å². The van der Waals surface area contributed by atoms with E-state index in [1.807, 2.05) is 47.0 Å². The summed E-state index contributed by atoms with van der Waals surface area (Å²) in [4.78, 5) is 11.8. The van der Waals surface area contributed by atoms with Gasteiger partial charge in [0.1, 0.15) is 23.9 Å². The normalized spacial score (nSPS) is 16.4. The minimum atomic E-state index is -0.159. The Morgan fingerprint density at radius 2 is 2.04 bits per heavy atom. The maximum Gasteiger partial charge on any atom is 0.308 e. The van der Waals surface area contributed by atoms with Gasteiger partial charge >= 0.3 is 5.97 Å². The second-order valence-corrected chi connectivity index (χ2v) is 6.51. The molecule has 7 heteroatoms. The minimum Gasteiger partial charge on any atom is -0.486 e. The number of esters is 1. The zero-order valence-electron chi connectivity index (χ0n) is 15.1. The first-order valence-electron chi connectivity index (χ1n) is 9.01. The van der Waals surface area contributed by atoms with E-state index in [0.29, 0.717) is 43.3 Å². The van der Waals surface area contributed by atoms with Gasteiger partial charge in [-0.25, -0.2) is 0 Å². The number of benzene rings is 1. The van der Waals surface area contributed by atoms with Gasteiger partial charge in [-0.2, -0.15) is 0 Å². The Morgan fingerprint density at radius 3 is 2.85 bits per heavy atom. The molecule has 1 aromatic carbocycles. The van der Waals surface area contributed by atoms with Crippen LogP contribution in [-0.2, 0) is 29.1 Å². The zero-order chi connectivity index (χ0) is 18.6. The number of carbonyl (C=O) groups excluding carboxylic acids is 1. The number of rotatable bonds is 5. The molecule has 0 saturated carbocycles. The Labute approximate surface area is 156 Å². The summed E-state index contributed by atoms with van der Waals surface area (Å²) >= 11 is 0. The third-order valence-corrected chi connectivity index (χ3v) is 4.79. The van der Waals surface area contributed by atoms with Gasteiger partial charge in [-0.05, 0) is 37.1 Å². The highest BCUT2D eigenvalue weighted by molar-refractivity contribution is 5.72. The summed E-state index contributed by atoms with van der Waals surface area (Å²) in [5.74, 6) is 3.45. The Balaban J connectivity index is 1.47. The van der Waals surface area contributed by atoms with Crippen LogP contribution in [0.5, 0.6) is 5.75 Å². The largest absolute Gasteiger partial charge is 0.486 e. The van der Waals surface area contributed by atoms with Gasteiger partial charge in [0.05, 0.1) is 13.0 Å². The molecule has 3 aromatic rings. The number of fused-ring (bicyclic) bond motifs is 1. The van der Waals surface area contributed by atoms with Crippen LogP contribution in [0.4, 0.5) is 0 Å². The number of carbonyl (C=O) groups is 1. The lowest BCUT2D eigenvalue weighted by Gasteiger charge is -2.10. The van der Waals surface area contributed by atoms with E-state index in [9.17, 15) is 4.79 Å². The first kappa shape index (κ1) is 17.3. The zero-order valence-corrected chi connectivity index (χ0v) is 15.1. The van der Waals surface area contributed by atoms with Gasteiger partial charge < -0.3 is 18.5 Å². The molecule has 27 heavy (non-hydrogen) atoms. The average Bonchev–Trinajstić information content (AvgIpc) is 3.28. The number of nitrogens with zero attached hydrogens (tertiary/aromatic N) is 3. The molecule has 1 unspecified atom stereocenters. The van der Waals surface area contributed by atoms with E-state index >= 15 is 0 Å². The molecule has 1 aliphatic rings. The van der Waals surface area contributed by atoms with Crippen molar-refractivity contribution in [1.82, 2.24) is 14.8 Å². The van der Waals surface area contributed by atoms with E-state index < -0.39 is 0 Å². The van der Waals surface area contributed by atoms with Crippen LogP contribution in [0.15, 0.2) is 46.9 Å². The lowest BCUT2D eigenvalue weighted by Crippen LogP contribution is -2.16. The number of hydrogen-bond acceptors (Lipinski definition) is 6. The van der Waals surface area contributed by atoms with E-state index in [-0.39, 0.29) is 11.9 Å². The molecule has 0 spiro atoms. The van der Waals surface area contributed by atoms with Crippen molar-refractivity contribution in [2.24, 2.45) is 5.92 Å². The highest BCUT2D eigenvalue weighted by Crippen LogP contribution is 2.27. The number of aromatic nitrogens is 3. The van der Waals surface area contributed by atoms with Gasteiger partial charge in [-0.1, -0.05) is 18.2 Å². The molecule has 140 valence electrons. The maximum atomic E-state index is 11.8. The van der Waals surface area contributed by atoms with Gasteiger partial charge in [0.2, 0.25) is 0 Å². The molecular formula is C20H21N3O4. The molecule has 4 rings (SSSR count). The van der Waals surface area contributed by atoms with E-state index in [0.717, 1.165) is 18.0 Å². The first-order valence-corrected chi connectivity index (χ1v) is 9.01. The van der Waals surface area contributed by atoms with Gasteiger partial charge in [0.15, 0.2) is 11.6 Å². The van der Waals surface area contributed by atoms with Gasteiger partial charge in [-0.15, -0.1) is 10.2 Å². The molecule has 0 bridgehead atoms. The molecular weight excluding hydrogens is 346 g/mol. The van der Waals surface area contributed by atoms with Crippen molar-refractivity contribution in [3.05, 3.63) is 54.0 Å². The molecule has 3 heterocycles. The molecule has 7 nitrogen and oxygen atoms in total. The number of hydrogen-bond donors (Lipinski definition) is 0. The van der Waals surface area contributed by atoms with Crippen molar-refractivity contribution in [2.45, 2.75) is 32.4 Å². The third-order valence-electron chi connectivity index (χ3n) is 4.79. The number of ether oxygens (including phenoxy) is 2. The monoisotopic (exact) mass is 367 g/mol. The van der Waals surface area contributed by atoms with Gasteiger partial charge in [0, 0.05) is 13.0 Å². The summed E-state index contributed by atoms with van der Waals surface area (Å²) in [6.07, 6.45) is 2.12. The fourth-order valence-corrected chi connectivity index (χ4v) is 3.32. The van der Waals surface area contributed by atoms with Crippen molar-refractivity contribution in [2.75, 3.05) is 7.11 Å². The lowest BCUT2D eigenvalue weighted by molar-refractivity contribution is -0.145. The number of aryl methyl sites for hydroxylation is 1. The molecule has 1 atom stereocenters. The predicted molar refractivity (Wildman–Crippen MR) is 96.9 cm³/mol. The summed E-state index contributed by atoms with van der Waals surface area (Å²) < 4.78 is 18.5. The predicted octanol–water partition coefficient (Wildman–Crippen LogP) is 3.24. The maximum absolute atomic E-state index is 11.8. The fraction of sp³-hybridized carbons (Fsp3) is 0.350. The molecule has 1 aliphatic heterocycles. The van der Waals surface area contributed by atoms with Crippen LogP contribution >= 0.6 is 0 Å². The minimum absolute atomic E-state index is 0.101. The van der Waals surface area contributed by atoms with E-state index in [4.69, 9.17) is 13.9 Å². The Hall–Kier alpha value is -3.09. The molecule has 0 fully saturated rings. The fourth-order valence-electron chi connectivity index (χ4n) is 3.32. The Kier molecular flexibility index (Phi) is 4.91. The van der Waals surface area contributed by atoms with E-state index in [2.05, 4.69) is 10.2 Å². The number of methoxy groups -OCH3 is 1. The lowest BCUT2D eigenvalue weighted by atomic mass is 10.0. The summed E-state index contributed by atoms with van der Waals surface area (Å²) in [6.45, 7) is 1.00. The SMILES string of the molecule is COC(=O)C1CCc2nnc(-c3ccc(COc4ccccc4)o3)n2CC1. The Morgan fingerprint density at radius 1 is 1.19 bits per heavy atom. The van der Waals surface area contributed by atoms with Crippen LogP contribution in [-0.4, -0.2) is 27.8 Å². The Bertz CT molecular complexity index is 916. The van der Waals surface area contributed by atoms with Gasteiger partial charge in [-0.3, -0.25) is 4.79 Å². The summed E-state index contributed by atoms with van der Waals surface area (Å²) in [5.41, 5.74) is 0. The van der Waals surface area contributed by atoms with Crippen molar-refractivity contribution in [3.8, 4) is 17.3 Å². The summed E-state index contributed by atoms with van der Waals surface area (Å²) in [6, 6.07) is 13.4. The molecule has 0 aliphatic carbocycles. The van der Waals surface area contributed by atoms with Gasteiger partial charge in [0.25, 0.3) is 0 Å². The quantitative estimate of drug-likeness (QED) is 0.644. The number of furan rings is 1. The van der Waals surface area contributed by atoms with Crippen LogP contribution in [0, 0.1) is 5.92 Å². The molecule has 0 amide bonds.